The van der Waals surface area contributed by atoms with Crippen molar-refractivity contribution < 1.29 is 9.13 Å². The minimum Gasteiger partial charge on any atom is -0.486 e. The number of benzene rings is 2. The van der Waals surface area contributed by atoms with Crippen LogP contribution in [0.15, 0.2) is 85.3 Å². The molecule has 0 atom stereocenters. The molecular weight excluding hydrogens is 341 g/mol. The Labute approximate surface area is 156 Å². The quantitative estimate of drug-likeness (QED) is 0.508. The SMILES string of the molecule is Fc1ccc(-c2cnnc(-c3ccccc3)c2)cc1OCc1ccncc1. The van der Waals surface area contributed by atoms with Gasteiger partial charge >= 0.3 is 0 Å². The van der Waals surface area contributed by atoms with Gasteiger partial charge in [0.2, 0.25) is 0 Å². The van der Waals surface area contributed by atoms with Crippen molar-refractivity contribution in [1.29, 1.82) is 0 Å². The van der Waals surface area contributed by atoms with Gasteiger partial charge in [-0.1, -0.05) is 36.4 Å². The summed E-state index contributed by atoms with van der Waals surface area (Å²) in [5, 5.41) is 8.28. The highest BCUT2D eigenvalue weighted by Gasteiger charge is 2.09. The summed E-state index contributed by atoms with van der Waals surface area (Å²) >= 11 is 0. The van der Waals surface area contributed by atoms with E-state index in [2.05, 4.69) is 15.2 Å². The Bertz CT molecular complexity index is 1040. The molecule has 0 saturated carbocycles. The zero-order valence-electron chi connectivity index (χ0n) is 14.4. The minimum absolute atomic E-state index is 0.197. The fourth-order valence-corrected chi connectivity index (χ4v) is 2.71. The molecule has 0 aliphatic heterocycles. The van der Waals surface area contributed by atoms with Crippen molar-refractivity contribution in [2.75, 3.05) is 0 Å². The molecule has 4 nitrogen and oxygen atoms in total. The lowest BCUT2D eigenvalue weighted by atomic mass is 10.0. The van der Waals surface area contributed by atoms with Crippen LogP contribution < -0.4 is 4.74 Å². The van der Waals surface area contributed by atoms with Crippen LogP contribution in [0.4, 0.5) is 4.39 Å². The van der Waals surface area contributed by atoms with E-state index in [-0.39, 0.29) is 12.4 Å². The molecule has 5 heteroatoms. The second-order valence-electron chi connectivity index (χ2n) is 5.98. The normalized spacial score (nSPS) is 10.6. The summed E-state index contributed by atoms with van der Waals surface area (Å²) in [6, 6.07) is 20.2. The van der Waals surface area contributed by atoms with Crippen LogP contribution in [0.3, 0.4) is 0 Å². The molecule has 2 aromatic heterocycles. The maximum absolute atomic E-state index is 14.2. The van der Waals surface area contributed by atoms with E-state index >= 15 is 0 Å². The Morgan fingerprint density at radius 2 is 1.63 bits per heavy atom. The third kappa shape index (κ3) is 3.98. The van der Waals surface area contributed by atoms with E-state index in [9.17, 15) is 4.39 Å². The van der Waals surface area contributed by atoms with E-state index in [0.717, 1.165) is 27.9 Å². The first-order chi connectivity index (χ1) is 13.3. The van der Waals surface area contributed by atoms with Crippen LogP contribution in [0.2, 0.25) is 0 Å². The van der Waals surface area contributed by atoms with Gasteiger partial charge < -0.3 is 4.74 Å². The second kappa shape index (κ2) is 7.74. The van der Waals surface area contributed by atoms with Crippen molar-refractivity contribution in [2.24, 2.45) is 0 Å². The van der Waals surface area contributed by atoms with E-state index in [1.807, 2.05) is 48.5 Å². The van der Waals surface area contributed by atoms with Crippen LogP contribution in [0.25, 0.3) is 22.4 Å². The lowest BCUT2D eigenvalue weighted by Crippen LogP contribution is -1.98. The lowest BCUT2D eigenvalue weighted by molar-refractivity contribution is 0.290. The van der Waals surface area contributed by atoms with Crippen molar-refractivity contribution >= 4 is 0 Å². The third-order valence-corrected chi connectivity index (χ3v) is 4.13. The molecule has 132 valence electrons. The van der Waals surface area contributed by atoms with Gasteiger partial charge in [0.15, 0.2) is 11.6 Å². The summed E-state index contributed by atoms with van der Waals surface area (Å²) in [6.45, 7) is 0.271. The van der Waals surface area contributed by atoms with Crippen molar-refractivity contribution in [2.45, 2.75) is 6.61 Å². The summed E-state index contributed by atoms with van der Waals surface area (Å²) in [5.74, 6) is -0.208. The number of pyridine rings is 1. The summed E-state index contributed by atoms with van der Waals surface area (Å²) in [5.41, 5.74) is 4.32. The van der Waals surface area contributed by atoms with Gasteiger partial charge in [-0.2, -0.15) is 10.2 Å². The van der Waals surface area contributed by atoms with Crippen molar-refractivity contribution in [3.8, 4) is 28.1 Å². The van der Waals surface area contributed by atoms with Crippen LogP contribution in [0.1, 0.15) is 5.56 Å². The van der Waals surface area contributed by atoms with E-state index in [1.165, 1.54) is 6.07 Å². The standard InChI is InChI=1S/C22H16FN3O/c23-20-7-6-18(13-22(20)27-15-16-8-10-24-11-9-16)19-12-21(26-25-14-19)17-4-2-1-3-5-17/h1-14H,15H2. The number of ether oxygens (including phenoxy) is 1. The highest BCUT2D eigenvalue weighted by molar-refractivity contribution is 5.70. The highest BCUT2D eigenvalue weighted by Crippen LogP contribution is 2.28. The minimum atomic E-state index is -0.405. The van der Waals surface area contributed by atoms with Crippen LogP contribution >= 0.6 is 0 Å². The zero-order valence-corrected chi connectivity index (χ0v) is 14.4. The maximum atomic E-state index is 14.2. The average Bonchev–Trinajstić information content (AvgIpc) is 2.75. The summed E-state index contributed by atoms with van der Waals surface area (Å²) in [4.78, 5) is 3.96. The molecule has 4 aromatic rings. The van der Waals surface area contributed by atoms with Gasteiger partial charge in [-0.25, -0.2) is 4.39 Å². The van der Waals surface area contributed by atoms with Crippen molar-refractivity contribution in [3.05, 3.63) is 96.7 Å². The Kier molecular flexibility index (Phi) is 4.83. The molecule has 0 bridgehead atoms. The number of rotatable bonds is 5. The topological polar surface area (TPSA) is 47.9 Å². The van der Waals surface area contributed by atoms with E-state index in [4.69, 9.17) is 4.74 Å². The largest absolute Gasteiger partial charge is 0.486 e. The zero-order chi connectivity index (χ0) is 18.5. The van der Waals surface area contributed by atoms with Gasteiger partial charge in [0.05, 0.1) is 11.9 Å². The Morgan fingerprint density at radius 3 is 2.44 bits per heavy atom. The molecule has 0 radical (unpaired) electrons. The van der Waals surface area contributed by atoms with E-state index < -0.39 is 5.82 Å². The molecule has 4 rings (SSSR count). The number of hydrogen-bond acceptors (Lipinski definition) is 4. The highest BCUT2D eigenvalue weighted by atomic mass is 19.1. The lowest BCUT2D eigenvalue weighted by Gasteiger charge is -2.10. The smallest absolute Gasteiger partial charge is 0.165 e. The van der Waals surface area contributed by atoms with Gasteiger partial charge in [0.25, 0.3) is 0 Å². The predicted molar refractivity (Wildman–Crippen MR) is 101 cm³/mol. The van der Waals surface area contributed by atoms with Crippen LogP contribution in [-0.2, 0) is 6.61 Å². The molecular formula is C22H16FN3O. The summed E-state index contributed by atoms with van der Waals surface area (Å²) in [6.07, 6.45) is 5.02. The molecule has 0 amide bonds. The van der Waals surface area contributed by atoms with Crippen LogP contribution in [0, 0.1) is 5.82 Å². The van der Waals surface area contributed by atoms with Gasteiger partial charge in [-0.3, -0.25) is 4.98 Å². The molecule has 0 fully saturated rings. The van der Waals surface area contributed by atoms with Gasteiger partial charge in [0, 0.05) is 23.5 Å². The number of hydrogen-bond donors (Lipinski definition) is 0. The molecule has 0 aliphatic rings. The van der Waals surface area contributed by atoms with Crippen LogP contribution in [-0.4, -0.2) is 15.2 Å². The predicted octanol–water partition coefficient (Wildman–Crippen LogP) is 4.92. The monoisotopic (exact) mass is 357 g/mol. The van der Waals surface area contributed by atoms with Crippen LogP contribution in [0.5, 0.6) is 5.75 Å². The molecule has 27 heavy (non-hydrogen) atoms. The average molecular weight is 357 g/mol. The fraction of sp³-hybridized carbons (Fsp3) is 0.0455. The van der Waals surface area contributed by atoms with E-state index in [1.54, 1.807) is 30.7 Å². The van der Waals surface area contributed by atoms with Gasteiger partial charge in [-0.15, -0.1) is 0 Å². The first-order valence-electron chi connectivity index (χ1n) is 8.49. The molecule has 0 saturated heterocycles. The Balaban J connectivity index is 1.61. The Morgan fingerprint density at radius 1 is 0.815 bits per heavy atom. The number of nitrogens with zero attached hydrogens (tertiary/aromatic N) is 3. The van der Waals surface area contributed by atoms with E-state index in [0.29, 0.717) is 0 Å². The van der Waals surface area contributed by atoms with Crippen molar-refractivity contribution in [1.82, 2.24) is 15.2 Å². The van der Waals surface area contributed by atoms with Gasteiger partial charge in [0.1, 0.15) is 6.61 Å². The molecule has 0 aliphatic carbocycles. The molecule has 2 heterocycles. The molecule has 0 unspecified atom stereocenters. The summed E-state index contributed by atoms with van der Waals surface area (Å²) in [7, 11) is 0. The number of halogens is 1. The first kappa shape index (κ1) is 16.8. The molecule has 2 aromatic carbocycles. The number of aromatic nitrogens is 3. The van der Waals surface area contributed by atoms with Crippen molar-refractivity contribution in [3.63, 3.8) is 0 Å². The van der Waals surface area contributed by atoms with Gasteiger partial charge in [-0.05, 0) is 41.5 Å². The third-order valence-electron chi connectivity index (χ3n) is 4.13. The first-order valence-corrected chi connectivity index (χ1v) is 8.49. The Hall–Kier alpha value is -3.60. The second-order valence-corrected chi connectivity index (χ2v) is 5.98. The molecule has 0 N–H and O–H groups in total. The summed E-state index contributed by atoms with van der Waals surface area (Å²) < 4.78 is 19.8. The maximum Gasteiger partial charge on any atom is 0.165 e. The fourth-order valence-electron chi connectivity index (χ4n) is 2.71. The molecule has 0 spiro atoms.